The Labute approximate surface area is 90.1 Å². The van der Waals surface area contributed by atoms with E-state index in [4.69, 9.17) is 0 Å². The van der Waals surface area contributed by atoms with Crippen molar-refractivity contribution in [2.75, 3.05) is 0 Å². The lowest BCUT2D eigenvalue weighted by molar-refractivity contribution is -0.135. The predicted molar refractivity (Wildman–Crippen MR) is 58.2 cm³/mol. The van der Waals surface area contributed by atoms with Gasteiger partial charge in [0.25, 0.3) is 0 Å². The number of hydrogen-bond donors (Lipinski definition) is 2. The highest BCUT2D eigenvalue weighted by Gasteiger charge is 2.37. The first kappa shape index (κ1) is 12.1. The zero-order chi connectivity index (χ0) is 11.4. The van der Waals surface area contributed by atoms with Gasteiger partial charge in [0.05, 0.1) is 12.2 Å². The van der Waals surface area contributed by atoms with Crippen molar-refractivity contribution in [1.82, 2.24) is 0 Å². The van der Waals surface area contributed by atoms with Crippen LogP contribution in [0, 0.1) is 11.8 Å². The van der Waals surface area contributed by atoms with E-state index in [-0.39, 0.29) is 5.78 Å². The summed E-state index contributed by atoms with van der Waals surface area (Å²) in [6.45, 7) is 6.95. The average molecular weight is 210 g/mol. The van der Waals surface area contributed by atoms with Crippen molar-refractivity contribution >= 4 is 5.78 Å². The van der Waals surface area contributed by atoms with Crippen molar-refractivity contribution in [2.24, 2.45) is 11.8 Å². The van der Waals surface area contributed by atoms with E-state index in [0.717, 1.165) is 6.42 Å². The molecule has 4 unspecified atom stereocenters. The van der Waals surface area contributed by atoms with Gasteiger partial charge in [0, 0.05) is 11.8 Å². The van der Waals surface area contributed by atoms with Gasteiger partial charge in [0.2, 0.25) is 0 Å². The Hall–Kier alpha value is -0.930. The Kier molecular flexibility index (Phi) is 4.24. The standard InChI is InChI=1S/C12H18O3/c1-3-10(13)8-6-5-7-9(12(8)15)11(14)4-2/h3-4,8-11,13-14H,1-2,5-7H2. The fraction of sp³-hybridized carbons (Fsp3) is 0.583. The molecule has 1 rings (SSSR count). The number of Topliss-reactive ketones (excluding diaryl/α,β-unsaturated/α-hetero) is 1. The highest BCUT2D eigenvalue weighted by atomic mass is 16.3. The molecule has 15 heavy (non-hydrogen) atoms. The lowest BCUT2D eigenvalue weighted by Gasteiger charge is -2.31. The molecule has 1 fully saturated rings. The fourth-order valence-electron chi connectivity index (χ4n) is 2.12. The molecule has 0 heterocycles. The number of rotatable bonds is 4. The van der Waals surface area contributed by atoms with Crippen molar-refractivity contribution in [3.05, 3.63) is 25.3 Å². The number of aliphatic hydroxyl groups is 2. The van der Waals surface area contributed by atoms with Gasteiger partial charge in [-0.15, -0.1) is 13.2 Å². The summed E-state index contributed by atoms with van der Waals surface area (Å²) >= 11 is 0. The molecule has 84 valence electrons. The van der Waals surface area contributed by atoms with Crippen LogP contribution in [0.4, 0.5) is 0 Å². The van der Waals surface area contributed by atoms with Crippen LogP contribution in [0.1, 0.15) is 19.3 Å². The van der Waals surface area contributed by atoms with E-state index < -0.39 is 24.0 Å². The second kappa shape index (κ2) is 5.24. The minimum atomic E-state index is -0.794. The summed E-state index contributed by atoms with van der Waals surface area (Å²) in [6, 6.07) is 0. The van der Waals surface area contributed by atoms with Crippen LogP contribution in [0.2, 0.25) is 0 Å². The summed E-state index contributed by atoms with van der Waals surface area (Å²) < 4.78 is 0. The second-order valence-electron chi connectivity index (χ2n) is 4.00. The molecule has 0 aliphatic heterocycles. The molecule has 0 aromatic rings. The minimum absolute atomic E-state index is 0.0685. The van der Waals surface area contributed by atoms with Crippen LogP contribution in [-0.4, -0.2) is 28.2 Å². The maximum atomic E-state index is 11.9. The lowest BCUT2D eigenvalue weighted by Crippen LogP contribution is -2.40. The largest absolute Gasteiger partial charge is 0.388 e. The van der Waals surface area contributed by atoms with Crippen LogP contribution in [0.3, 0.4) is 0 Å². The fourth-order valence-corrected chi connectivity index (χ4v) is 2.12. The molecule has 4 atom stereocenters. The molecule has 0 amide bonds. The molecule has 0 aromatic carbocycles. The molecule has 0 spiro atoms. The van der Waals surface area contributed by atoms with Gasteiger partial charge < -0.3 is 10.2 Å². The minimum Gasteiger partial charge on any atom is -0.388 e. The Morgan fingerprint density at radius 1 is 1.13 bits per heavy atom. The SMILES string of the molecule is C=CC(O)C1CCCC(C(O)C=C)C1=O. The summed E-state index contributed by atoms with van der Waals surface area (Å²) in [4.78, 5) is 11.9. The summed E-state index contributed by atoms with van der Waals surface area (Å²) in [5.41, 5.74) is 0. The number of hydrogen-bond acceptors (Lipinski definition) is 3. The van der Waals surface area contributed by atoms with Crippen molar-refractivity contribution < 1.29 is 15.0 Å². The maximum Gasteiger partial charge on any atom is 0.144 e. The van der Waals surface area contributed by atoms with E-state index in [0.29, 0.717) is 12.8 Å². The van der Waals surface area contributed by atoms with Crippen LogP contribution in [-0.2, 0) is 4.79 Å². The summed E-state index contributed by atoms with van der Waals surface area (Å²) in [5, 5.41) is 19.2. The van der Waals surface area contributed by atoms with Crippen LogP contribution in [0.25, 0.3) is 0 Å². The number of carbonyl (C=O) groups excluding carboxylic acids is 1. The smallest absolute Gasteiger partial charge is 0.144 e. The monoisotopic (exact) mass is 210 g/mol. The van der Waals surface area contributed by atoms with Crippen molar-refractivity contribution in [1.29, 1.82) is 0 Å². The normalized spacial score (nSPS) is 30.7. The van der Waals surface area contributed by atoms with Crippen molar-refractivity contribution in [2.45, 2.75) is 31.5 Å². The Morgan fingerprint density at radius 3 is 1.87 bits per heavy atom. The third kappa shape index (κ3) is 2.55. The molecule has 3 nitrogen and oxygen atoms in total. The van der Waals surface area contributed by atoms with E-state index in [2.05, 4.69) is 13.2 Å². The topological polar surface area (TPSA) is 57.5 Å². The molecule has 3 heteroatoms. The van der Waals surface area contributed by atoms with Gasteiger partial charge in [0.15, 0.2) is 0 Å². The Morgan fingerprint density at radius 2 is 1.53 bits per heavy atom. The molecule has 2 N–H and O–H groups in total. The first-order chi connectivity index (χ1) is 7.11. The van der Waals surface area contributed by atoms with E-state index in [9.17, 15) is 15.0 Å². The van der Waals surface area contributed by atoms with Gasteiger partial charge in [-0.25, -0.2) is 0 Å². The quantitative estimate of drug-likeness (QED) is 0.682. The molecule has 1 aliphatic rings. The van der Waals surface area contributed by atoms with E-state index in [1.54, 1.807) is 0 Å². The molecule has 1 aliphatic carbocycles. The Bertz CT molecular complexity index is 236. The van der Waals surface area contributed by atoms with Gasteiger partial charge in [-0.2, -0.15) is 0 Å². The van der Waals surface area contributed by atoms with Crippen molar-refractivity contribution in [3.63, 3.8) is 0 Å². The van der Waals surface area contributed by atoms with Crippen LogP contribution in [0.15, 0.2) is 25.3 Å². The molecule has 0 radical (unpaired) electrons. The molecule has 0 aromatic heterocycles. The third-order valence-corrected chi connectivity index (χ3v) is 3.07. The van der Waals surface area contributed by atoms with Crippen LogP contribution >= 0.6 is 0 Å². The summed E-state index contributed by atoms with van der Waals surface area (Å²) in [6.07, 6.45) is 3.36. The lowest BCUT2D eigenvalue weighted by atomic mass is 9.75. The van der Waals surface area contributed by atoms with Crippen LogP contribution < -0.4 is 0 Å². The summed E-state index contributed by atoms with van der Waals surface area (Å²) in [7, 11) is 0. The first-order valence-corrected chi connectivity index (χ1v) is 5.26. The van der Waals surface area contributed by atoms with Crippen molar-refractivity contribution in [3.8, 4) is 0 Å². The van der Waals surface area contributed by atoms with E-state index >= 15 is 0 Å². The Balaban J connectivity index is 2.74. The molecular weight excluding hydrogens is 192 g/mol. The van der Waals surface area contributed by atoms with E-state index in [1.165, 1.54) is 12.2 Å². The number of carbonyl (C=O) groups is 1. The zero-order valence-corrected chi connectivity index (χ0v) is 8.80. The molecule has 1 saturated carbocycles. The summed E-state index contributed by atoms with van der Waals surface area (Å²) in [5.74, 6) is -0.882. The van der Waals surface area contributed by atoms with Gasteiger partial charge in [-0.3, -0.25) is 4.79 Å². The maximum absolute atomic E-state index is 11.9. The predicted octanol–water partition coefficient (Wildman–Crippen LogP) is 1.07. The average Bonchev–Trinajstić information content (AvgIpc) is 2.27. The van der Waals surface area contributed by atoms with Gasteiger partial charge >= 0.3 is 0 Å². The molecular formula is C12H18O3. The molecule has 0 saturated heterocycles. The zero-order valence-electron chi connectivity index (χ0n) is 8.80. The van der Waals surface area contributed by atoms with E-state index in [1.807, 2.05) is 0 Å². The second-order valence-corrected chi connectivity index (χ2v) is 4.00. The highest BCUT2D eigenvalue weighted by molar-refractivity contribution is 5.85. The van der Waals surface area contributed by atoms with Gasteiger partial charge in [0.1, 0.15) is 5.78 Å². The first-order valence-electron chi connectivity index (χ1n) is 5.26. The third-order valence-electron chi connectivity index (χ3n) is 3.07. The molecule has 0 bridgehead atoms. The highest BCUT2D eigenvalue weighted by Crippen LogP contribution is 2.30. The van der Waals surface area contributed by atoms with Crippen LogP contribution in [0.5, 0.6) is 0 Å². The van der Waals surface area contributed by atoms with Gasteiger partial charge in [-0.1, -0.05) is 18.6 Å². The number of ketones is 1. The van der Waals surface area contributed by atoms with Gasteiger partial charge in [-0.05, 0) is 12.8 Å². The number of aliphatic hydroxyl groups excluding tert-OH is 2.